The maximum atomic E-state index is 13.1. The maximum absolute atomic E-state index is 13.1. The van der Waals surface area contributed by atoms with Gasteiger partial charge in [0.05, 0.1) is 10.4 Å². The van der Waals surface area contributed by atoms with Crippen LogP contribution >= 0.6 is 35.0 Å². The van der Waals surface area contributed by atoms with E-state index in [0.717, 1.165) is 50.7 Å². The second-order valence-electron chi connectivity index (χ2n) is 8.94. The number of aryl methyl sites for hydroxylation is 1. The van der Waals surface area contributed by atoms with Gasteiger partial charge < -0.3 is 9.88 Å². The fourth-order valence-electron chi connectivity index (χ4n) is 4.48. The fraction of sp³-hybridized carbons (Fsp3) is 0.138. The van der Waals surface area contributed by atoms with Crippen molar-refractivity contribution in [3.63, 3.8) is 0 Å². The lowest BCUT2D eigenvalue weighted by Crippen LogP contribution is -2.36. The third kappa shape index (κ3) is 5.73. The van der Waals surface area contributed by atoms with Crippen LogP contribution in [-0.2, 0) is 22.6 Å². The van der Waals surface area contributed by atoms with Gasteiger partial charge in [-0.1, -0.05) is 54.4 Å². The monoisotopic (exact) mass is 581 g/mol. The molecule has 1 fully saturated rings. The molecule has 1 saturated heterocycles. The number of benzene rings is 3. The summed E-state index contributed by atoms with van der Waals surface area (Å²) < 4.78 is 15.2. The number of amides is 3. The first-order chi connectivity index (χ1) is 18.7. The molecule has 0 spiro atoms. The SMILES string of the molecule is CCc1cccc2c(/C=C3\SC(=O)N(CC(=O)Nc4ccc(F)cc4)C3=O)cn(Cc3ccc(Cl)cc3Cl)c12. The van der Waals surface area contributed by atoms with Crippen molar-refractivity contribution in [3.05, 3.63) is 104 Å². The summed E-state index contributed by atoms with van der Waals surface area (Å²) in [6.07, 6.45) is 4.42. The lowest BCUT2D eigenvalue weighted by atomic mass is 10.1. The molecule has 1 aliphatic rings. The molecule has 3 aromatic carbocycles. The Morgan fingerprint density at radius 3 is 2.54 bits per heavy atom. The number of fused-ring (bicyclic) bond motifs is 1. The first-order valence-corrected chi connectivity index (χ1v) is 13.7. The van der Waals surface area contributed by atoms with Crippen LogP contribution in [0.15, 0.2) is 71.8 Å². The van der Waals surface area contributed by atoms with Crippen LogP contribution in [0, 0.1) is 5.82 Å². The van der Waals surface area contributed by atoms with E-state index in [9.17, 15) is 18.8 Å². The van der Waals surface area contributed by atoms with E-state index in [1.165, 1.54) is 24.3 Å². The molecule has 0 radical (unpaired) electrons. The fourth-order valence-corrected chi connectivity index (χ4v) is 5.78. The van der Waals surface area contributed by atoms with Crippen molar-refractivity contribution in [3.8, 4) is 0 Å². The minimum atomic E-state index is -0.561. The Balaban J connectivity index is 1.43. The predicted octanol–water partition coefficient (Wildman–Crippen LogP) is 7.37. The summed E-state index contributed by atoms with van der Waals surface area (Å²) in [7, 11) is 0. The second kappa shape index (κ2) is 11.3. The van der Waals surface area contributed by atoms with Crippen LogP contribution in [0.25, 0.3) is 17.0 Å². The lowest BCUT2D eigenvalue weighted by molar-refractivity contribution is -0.127. The van der Waals surface area contributed by atoms with Gasteiger partial charge in [0.25, 0.3) is 11.1 Å². The number of rotatable bonds is 7. The summed E-state index contributed by atoms with van der Waals surface area (Å²) in [6.45, 7) is 2.11. The summed E-state index contributed by atoms with van der Waals surface area (Å²) in [6, 6.07) is 16.6. The summed E-state index contributed by atoms with van der Waals surface area (Å²) in [5, 5.41) is 4.07. The summed E-state index contributed by atoms with van der Waals surface area (Å²) in [5.74, 6) is -1.55. The van der Waals surface area contributed by atoms with Crippen LogP contribution in [0.2, 0.25) is 10.0 Å². The Morgan fingerprint density at radius 2 is 1.82 bits per heavy atom. The Labute approximate surface area is 238 Å². The number of nitrogens with zero attached hydrogens (tertiary/aromatic N) is 2. The molecule has 2 heterocycles. The highest BCUT2D eigenvalue weighted by Crippen LogP contribution is 2.35. The van der Waals surface area contributed by atoms with Gasteiger partial charge in [0, 0.05) is 39.4 Å². The van der Waals surface area contributed by atoms with E-state index in [0.29, 0.717) is 22.3 Å². The van der Waals surface area contributed by atoms with Crippen molar-refractivity contribution in [2.75, 3.05) is 11.9 Å². The van der Waals surface area contributed by atoms with Crippen LogP contribution in [0.4, 0.5) is 14.9 Å². The number of hydrogen-bond acceptors (Lipinski definition) is 4. The Hall–Kier alpha value is -3.59. The number of aromatic nitrogens is 1. The predicted molar refractivity (Wildman–Crippen MR) is 155 cm³/mol. The Morgan fingerprint density at radius 1 is 1.05 bits per heavy atom. The topological polar surface area (TPSA) is 71.4 Å². The average molecular weight is 582 g/mol. The van der Waals surface area contributed by atoms with Gasteiger partial charge in [0.15, 0.2) is 0 Å². The highest BCUT2D eigenvalue weighted by Gasteiger charge is 2.36. The van der Waals surface area contributed by atoms with Gasteiger partial charge in [-0.3, -0.25) is 19.3 Å². The first-order valence-electron chi connectivity index (χ1n) is 12.1. The van der Waals surface area contributed by atoms with Crippen LogP contribution < -0.4 is 5.32 Å². The van der Waals surface area contributed by atoms with Gasteiger partial charge in [-0.05, 0) is 71.8 Å². The number of carbonyl (C=O) groups excluding carboxylic acids is 3. The number of hydrogen-bond donors (Lipinski definition) is 1. The van der Waals surface area contributed by atoms with E-state index in [-0.39, 0.29) is 4.91 Å². The summed E-state index contributed by atoms with van der Waals surface area (Å²) in [5.41, 5.74) is 4.16. The molecular formula is C29H22Cl2FN3O3S. The maximum Gasteiger partial charge on any atom is 0.294 e. The van der Waals surface area contributed by atoms with Crippen molar-refractivity contribution >= 4 is 74.7 Å². The molecule has 1 N–H and O–H groups in total. The molecule has 10 heteroatoms. The molecule has 3 amide bonds. The van der Waals surface area contributed by atoms with Crippen molar-refractivity contribution in [2.45, 2.75) is 19.9 Å². The van der Waals surface area contributed by atoms with E-state index in [1.54, 1.807) is 18.2 Å². The summed E-state index contributed by atoms with van der Waals surface area (Å²) >= 11 is 13.3. The average Bonchev–Trinajstić information content (AvgIpc) is 3.38. The summed E-state index contributed by atoms with van der Waals surface area (Å²) in [4.78, 5) is 39.4. The number of carbonyl (C=O) groups is 3. The Bertz CT molecular complexity index is 1650. The van der Waals surface area contributed by atoms with Gasteiger partial charge in [-0.25, -0.2) is 4.39 Å². The minimum absolute atomic E-state index is 0.222. The molecule has 6 nitrogen and oxygen atoms in total. The third-order valence-electron chi connectivity index (χ3n) is 6.34. The highest BCUT2D eigenvalue weighted by atomic mass is 35.5. The molecule has 0 aliphatic carbocycles. The Kier molecular flexibility index (Phi) is 7.79. The molecule has 0 atom stereocenters. The van der Waals surface area contributed by atoms with Crippen LogP contribution in [0.3, 0.4) is 0 Å². The molecular weight excluding hydrogens is 560 g/mol. The molecule has 0 unspecified atom stereocenters. The van der Waals surface area contributed by atoms with Crippen molar-refractivity contribution in [2.24, 2.45) is 0 Å². The normalized spacial score (nSPS) is 14.6. The molecule has 0 bridgehead atoms. The smallest absolute Gasteiger partial charge is 0.294 e. The van der Waals surface area contributed by atoms with E-state index in [2.05, 4.69) is 22.9 Å². The van der Waals surface area contributed by atoms with Crippen LogP contribution in [0.5, 0.6) is 0 Å². The molecule has 1 aliphatic heterocycles. The van der Waals surface area contributed by atoms with E-state index < -0.39 is 29.4 Å². The number of para-hydroxylation sites is 1. The molecule has 5 rings (SSSR count). The second-order valence-corrected chi connectivity index (χ2v) is 10.8. The van der Waals surface area contributed by atoms with Gasteiger partial charge in [-0.2, -0.15) is 0 Å². The highest BCUT2D eigenvalue weighted by molar-refractivity contribution is 8.18. The van der Waals surface area contributed by atoms with Crippen molar-refractivity contribution < 1.29 is 18.8 Å². The van der Waals surface area contributed by atoms with E-state index in [4.69, 9.17) is 23.2 Å². The quantitative estimate of drug-likeness (QED) is 0.231. The van der Waals surface area contributed by atoms with Gasteiger partial charge in [0.1, 0.15) is 12.4 Å². The lowest BCUT2D eigenvalue weighted by Gasteiger charge is -2.12. The van der Waals surface area contributed by atoms with E-state index >= 15 is 0 Å². The largest absolute Gasteiger partial charge is 0.342 e. The molecule has 4 aromatic rings. The van der Waals surface area contributed by atoms with Crippen molar-refractivity contribution in [1.29, 1.82) is 0 Å². The molecule has 0 saturated carbocycles. The van der Waals surface area contributed by atoms with Gasteiger partial charge in [-0.15, -0.1) is 0 Å². The standard InChI is InChI=1S/C29H22Cl2FN3O3S/c1-2-17-4-3-5-23-19(15-34(27(17)23)14-18-6-7-20(30)13-24(18)31)12-25-28(37)35(29(38)39-25)16-26(36)33-22-10-8-21(32)9-11-22/h3-13,15H,2,14,16H2,1H3,(H,33,36)/b25-12-. The molecule has 39 heavy (non-hydrogen) atoms. The third-order valence-corrected chi connectivity index (χ3v) is 7.83. The van der Waals surface area contributed by atoms with Crippen molar-refractivity contribution in [1.82, 2.24) is 9.47 Å². The zero-order valence-corrected chi connectivity index (χ0v) is 23.0. The zero-order chi connectivity index (χ0) is 27.7. The molecule has 1 aromatic heterocycles. The van der Waals surface area contributed by atoms with E-state index in [1.807, 2.05) is 24.4 Å². The van der Waals surface area contributed by atoms with Crippen LogP contribution in [-0.4, -0.2) is 33.1 Å². The number of imide groups is 1. The number of nitrogens with one attached hydrogen (secondary N) is 1. The molecule has 198 valence electrons. The van der Waals surface area contributed by atoms with Gasteiger partial charge >= 0.3 is 0 Å². The minimum Gasteiger partial charge on any atom is -0.342 e. The number of halogens is 3. The van der Waals surface area contributed by atoms with Crippen LogP contribution in [0.1, 0.15) is 23.6 Å². The van der Waals surface area contributed by atoms with Gasteiger partial charge in [0.2, 0.25) is 5.91 Å². The number of anilines is 1. The first kappa shape index (κ1) is 27.0. The zero-order valence-electron chi connectivity index (χ0n) is 20.7. The number of thioether (sulfide) groups is 1.